The van der Waals surface area contributed by atoms with Gasteiger partial charge in [0.2, 0.25) is 5.91 Å². The molecule has 0 fully saturated rings. The van der Waals surface area contributed by atoms with Crippen molar-refractivity contribution >= 4 is 46.5 Å². The van der Waals surface area contributed by atoms with E-state index >= 15 is 0 Å². The molecule has 0 radical (unpaired) electrons. The summed E-state index contributed by atoms with van der Waals surface area (Å²) < 4.78 is 5.01. The Balaban J connectivity index is 1.78. The molecule has 0 atom stereocenters. The van der Waals surface area contributed by atoms with Gasteiger partial charge in [-0.3, -0.25) is 14.9 Å². The fraction of sp³-hybridized carbons (Fsp3) is 0.118. The van der Waals surface area contributed by atoms with E-state index in [0.717, 1.165) is 6.07 Å². The minimum atomic E-state index is -1.24. The van der Waals surface area contributed by atoms with Crippen LogP contribution in [0.25, 0.3) is 0 Å². The van der Waals surface area contributed by atoms with Gasteiger partial charge in [-0.15, -0.1) is 0 Å². The summed E-state index contributed by atoms with van der Waals surface area (Å²) in [6.07, 6.45) is 0. The molecule has 2 N–H and O–H groups in total. The standard InChI is InChI=1S/C17H12ClN3O7/c18-12-3-1-9(5-11(12)17(24)25)19-15(22)7-20-8-16(23)28-14-6-10(21(26)27)2-4-13(14)20/h1-6H,7-8H2,(H,19,22)(H,24,25). The van der Waals surface area contributed by atoms with Crippen LogP contribution in [0.5, 0.6) is 5.75 Å². The molecule has 0 bridgehead atoms. The minimum absolute atomic E-state index is 0.0158. The second kappa shape index (κ2) is 7.53. The van der Waals surface area contributed by atoms with Crippen LogP contribution >= 0.6 is 11.6 Å². The zero-order valence-corrected chi connectivity index (χ0v) is 14.8. The van der Waals surface area contributed by atoms with Gasteiger partial charge in [-0.25, -0.2) is 9.59 Å². The molecular weight excluding hydrogens is 394 g/mol. The Labute approximate surface area is 162 Å². The second-order valence-electron chi connectivity index (χ2n) is 5.79. The van der Waals surface area contributed by atoms with Crippen molar-refractivity contribution in [2.75, 3.05) is 23.3 Å². The van der Waals surface area contributed by atoms with E-state index in [1.807, 2.05) is 0 Å². The fourth-order valence-corrected chi connectivity index (χ4v) is 2.84. The lowest BCUT2D eigenvalue weighted by Gasteiger charge is -2.29. The van der Waals surface area contributed by atoms with E-state index in [1.165, 1.54) is 35.2 Å². The number of fused-ring (bicyclic) bond motifs is 1. The number of nitrogens with zero attached hydrogens (tertiary/aromatic N) is 2. The van der Waals surface area contributed by atoms with Crippen LogP contribution in [0.3, 0.4) is 0 Å². The van der Waals surface area contributed by atoms with Crippen LogP contribution in [0.2, 0.25) is 5.02 Å². The van der Waals surface area contributed by atoms with Crippen molar-refractivity contribution in [3.05, 3.63) is 57.1 Å². The number of benzene rings is 2. The maximum absolute atomic E-state index is 12.3. The summed E-state index contributed by atoms with van der Waals surface area (Å²) in [5, 5.41) is 22.5. The molecule has 1 aliphatic rings. The summed E-state index contributed by atoms with van der Waals surface area (Å²) in [5.74, 6) is -2.45. The molecule has 28 heavy (non-hydrogen) atoms. The van der Waals surface area contributed by atoms with Crippen LogP contribution in [0.15, 0.2) is 36.4 Å². The number of nitro benzene ring substituents is 1. The van der Waals surface area contributed by atoms with Crippen LogP contribution in [0.1, 0.15) is 10.4 Å². The summed E-state index contributed by atoms with van der Waals surface area (Å²) in [7, 11) is 0. The number of carboxylic acids is 1. The third kappa shape index (κ3) is 4.01. The number of carbonyl (C=O) groups excluding carboxylic acids is 2. The van der Waals surface area contributed by atoms with Gasteiger partial charge in [0.25, 0.3) is 5.69 Å². The molecule has 0 saturated carbocycles. The van der Waals surface area contributed by atoms with Gasteiger partial charge in [-0.2, -0.15) is 0 Å². The third-order valence-corrected chi connectivity index (χ3v) is 4.18. The number of hydrogen-bond donors (Lipinski definition) is 2. The molecule has 0 saturated heterocycles. The number of amides is 1. The summed E-state index contributed by atoms with van der Waals surface area (Å²) in [6.45, 7) is -0.482. The van der Waals surface area contributed by atoms with E-state index in [4.69, 9.17) is 21.4 Å². The van der Waals surface area contributed by atoms with Gasteiger partial charge >= 0.3 is 11.9 Å². The Morgan fingerprint density at radius 1 is 1.29 bits per heavy atom. The van der Waals surface area contributed by atoms with Crippen molar-refractivity contribution in [1.82, 2.24) is 0 Å². The Kier molecular flexibility index (Phi) is 5.14. The number of esters is 1. The molecule has 0 aliphatic carbocycles. The van der Waals surface area contributed by atoms with Crippen LogP contribution in [-0.4, -0.2) is 41.0 Å². The highest BCUT2D eigenvalue weighted by molar-refractivity contribution is 6.33. The molecule has 1 aliphatic heterocycles. The maximum atomic E-state index is 12.3. The van der Waals surface area contributed by atoms with E-state index < -0.39 is 22.8 Å². The van der Waals surface area contributed by atoms with Crippen LogP contribution in [0, 0.1) is 10.1 Å². The lowest BCUT2D eigenvalue weighted by molar-refractivity contribution is -0.384. The van der Waals surface area contributed by atoms with Gasteiger partial charge < -0.3 is 20.1 Å². The molecule has 144 valence electrons. The Morgan fingerprint density at radius 3 is 2.71 bits per heavy atom. The summed E-state index contributed by atoms with van der Waals surface area (Å²) >= 11 is 5.79. The highest BCUT2D eigenvalue weighted by atomic mass is 35.5. The van der Waals surface area contributed by atoms with Crippen molar-refractivity contribution in [2.45, 2.75) is 0 Å². The highest BCUT2D eigenvalue weighted by Gasteiger charge is 2.27. The smallest absolute Gasteiger partial charge is 0.337 e. The van der Waals surface area contributed by atoms with Gasteiger partial charge in [0.15, 0.2) is 5.75 Å². The second-order valence-corrected chi connectivity index (χ2v) is 6.19. The van der Waals surface area contributed by atoms with Gasteiger partial charge in [0.1, 0.15) is 6.54 Å². The number of nitrogens with one attached hydrogen (secondary N) is 1. The van der Waals surface area contributed by atoms with Crippen LogP contribution in [0.4, 0.5) is 17.1 Å². The van der Waals surface area contributed by atoms with Gasteiger partial charge in [0.05, 0.1) is 33.8 Å². The average molecular weight is 406 g/mol. The van der Waals surface area contributed by atoms with Crippen molar-refractivity contribution in [2.24, 2.45) is 0 Å². The maximum Gasteiger partial charge on any atom is 0.337 e. The van der Waals surface area contributed by atoms with Gasteiger partial charge in [-0.1, -0.05) is 11.6 Å². The number of halogens is 1. The molecule has 10 nitrogen and oxygen atoms in total. The highest BCUT2D eigenvalue weighted by Crippen LogP contribution is 2.35. The molecule has 2 aromatic carbocycles. The predicted octanol–water partition coefficient (Wildman–Crippen LogP) is 2.31. The number of non-ortho nitro benzene ring substituents is 1. The van der Waals surface area contributed by atoms with E-state index in [-0.39, 0.29) is 40.8 Å². The monoisotopic (exact) mass is 405 g/mol. The molecule has 1 amide bonds. The van der Waals surface area contributed by atoms with E-state index in [1.54, 1.807) is 0 Å². The topological polar surface area (TPSA) is 139 Å². The normalized spacial score (nSPS) is 12.8. The lowest BCUT2D eigenvalue weighted by atomic mass is 10.2. The summed E-state index contributed by atoms with van der Waals surface area (Å²) in [5.41, 5.74) is 0.150. The first-order valence-corrected chi connectivity index (χ1v) is 8.19. The first-order chi connectivity index (χ1) is 13.2. The predicted molar refractivity (Wildman–Crippen MR) is 98.0 cm³/mol. The zero-order valence-electron chi connectivity index (χ0n) is 14.0. The minimum Gasteiger partial charge on any atom is -0.478 e. The van der Waals surface area contributed by atoms with E-state index in [0.29, 0.717) is 5.69 Å². The van der Waals surface area contributed by atoms with Crippen LogP contribution < -0.4 is 15.0 Å². The van der Waals surface area contributed by atoms with Crippen molar-refractivity contribution in [1.29, 1.82) is 0 Å². The van der Waals surface area contributed by atoms with E-state index in [9.17, 15) is 24.5 Å². The van der Waals surface area contributed by atoms with Crippen molar-refractivity contribution < 1.29 is 29.2 Å². The van der Waals surface area contributed by atoms with Crippen LogP contribution in [-0.2, 0) is 9.59 Å². The van der Waals surface area contributed by atoms with Crippen molar-refractivity contribution in [3.8, 4) is 5.75 Å². The molecule has 3 rings (SSSR count). The zero-order chi connectivity index (χ0) is 20.4. The van der Waals surface area contributed by atoms with Gasteiger partial charge in [-0.05, 0) is 24.3 Å². The number of anilines is 2. The first-order valence-electron chi connectivity index (χ1n) is 7.81. The average Bonchev–Trinajstić information content (AvgIpc) is 2.62. The number of ether oxygens (including phenoxy) is 1. The molecule has 0 spiro atoms. The summed E-state index contributed by atoms with van der Waals surface area (Å²) in [4.78, 5) is 46.9. The summed E-state index contributed by atoms with van der Waals surface area (Å²) in [6, 6.07) is 7.72. The molecular formula is C17H12ClN3O7. The van der Waals surface area contributed by atoms with E-state index in [2.05, 4.69) is 5.32 Å². The quantitative estimate of drug-likeness (QED) is 0.334. The lowest BCUT2D eigenvalue weighted by Crippen LogP contribution is -2.41. The number of carboxylic acid groups (broad SMARTS) is 1. The number of hydrogen-bond acceptors (Lipinski definition) is 7. The third-order valence-electron chi connectivity index (χ3n) is 3.85. The fourth-order valence-electron chi connectivity index (χ4n) is 2.64. The largest absolute Gasteiger partial charge is 0.478 e. The molecule has 11 heteroatoms. The number of aromatic carboxylic acids is 1. The Hall–Kier alpha value is -3.66. The molecule has 0 unspecified atom stereocenters. The first kappa shape index (κ1) is 19.1. The Bertz CT molecular complexity index is 1010. The number of rotatable bonds is 5. The van der Waals surface area contributed by atoms with Gasteiger partial charge in [0, 0.05) is 11.8 Å². The Morgan fingerprint density at radius 2 is 2.04 bits per heavy atom. The molecule has 1 heterocycles. The SMILES string of the molecule is O=C(CN1CC(=O)Oc2cc([N+](=O)[O-])ccc21)Nc1ccc(Cl)c(C(=O)O)c1. The number of carbonyl (C=O) groups is 3. The molecule has 0 aromatic heterocycles. The number of nitro groups is 1. The van der Waals surface area contributed by atoms with Crippen molar-refractivity contribution in [3.63, 3.8) is 0 Å². The molecule has 2 aromatic rings.